The standard InChI is InChI=1S/C23H35N3O3.2C2H6/c1-4-5-6-7-8-9-10-11-12-13-19-16-20(14-15-21(19)28-3)22(25)26-29-23(27)18(2)17-24;2*1-2/h14-16,18H,4-13H2,1-3H3,(H2,25,26);2*1-2H3. The number of nitrogens with two attached hydrogens (primary N) is 1. The summed E-state index contributed by atoms with van der Waals surface area (Å²) in [6, 6.07) is 7.35. The van der Waals surface area contributed by atoms with Gasteiger partial charge in [0.25, 0.3) is 0 Å². The number of hydrogen-bond acceptors (Lipinski definition) is 5. The van der Waals surface area contributed by atoms with Crippen LogP contribution in [-0.4, -0.2) is 18.9 Å². The number of ether oxygens (including phenoxy) is 1. The maximum Gasteiger partial charge on any atom is 0.351 e. The van der Waals surface area contributed by atoms with Gasteiger partial charge in [-0.3, -0.25) is 0 Å². The van der Waals surface area contributed by atoms with E-state index in [1.54, 1.807) is 19.2 Å². The molecule has 0 aromatic heterocycles. The minimum absolute atomic E-state index is 0.0967. The molecule has 0 amide bonds. The van der Waals surface area contributed by atoms with Crippen molar-refractivity contribution in [2.75, 3.05) is 7.11 Å². The summed E-state index contributed by atoms with van der Waals surface area (Å²) in [5.41, 5.74) is 7.66. The number of carbonyl (C=O) groups is 1. The molecule has 1 rings (SSSR count). The van der Waals surface area contributed by atoms with E-state index in [2.05, 4.69) is 12.1 Å². The molecule has 188 valence electrons. The Morgan fingerprint density at radius 1 is 1.03 bits per heavy atom. The van der Waals surface area contributed by atoms with Crippen molar-refractivity contribution < 1.29 is 14.4 Å². The monoisotopic (exact) mass is 461 g/mol. The average Bonchev–Trinajstić information content (AvgIpc) is 2.87. The average molecular weight is 462 g/mol. The molecule has 0 aliphatic heterocycles. The van der Waals surface area contributed by atoms with Crippen molar-refractivity contribution in [2.24, 2.45) is 16.8 Å². The molecule has 1 aromatic carbocycles. The highest BCUT2D eigenvalue weighted by molar-refractivity contribution is 5.97. The number of oxime groups is 1. The van der Waals surface area contributed by atoms with E-state index in [0.717, 1.165) is 24.2 Å². The van der Waals surface area contributed by atoms with Crippen molar-refractivity contribution in [3.8, 4) is 11.8 Å². The third-order valence-corrected chi connectivity index (χ3v) is 4.91. The van der Waals surface area contributed by atoms with Crippen molar-refractivity contribution in [3.63, 3.8) is 0 Å². The van der Waals surface area contributed by atoms with Gasteiger partial charge in [-0.2, -0.15) is 5.26 Å². The van der Waals surface area contributed by atoms with Crippen LogP contribution in [0.5, 0.6) is 5.75 Å². The summed E-state index contributed by atoms with van der Waals surface area (Å²) >= 11 is 0. The van der Waals surface area contributed by atoms with Gasteiger partial charge in [0.05, 0.1) is 13.2 Å². The van der Waals surface area contributed by atoms with Crippen molar-refractivity contribution in [3.05, 3.63) is 29.3 Å². The molecule has 33 heavy (non-hydrogen) atoms. The Morgan fingerprint density at radius 2 is 1.58 bits per heavy atom. The molecular formula is C27H47N3O3. The second-order valence-corrected chi connectivity index (χ2v) is 7.34. The molecule has 0 saturated heterocycles. The number of hydrogen-bond donors (Lipinski definition) is 1. The zero-order chi connectivity index (χ0) is 25.5. The molecule has 0 aliphatic rings. The number of carbonyl (C=O) groups excluding carboxylic acids is 1. The predicted molar refractivity (Wildman–Crippen MR) is 138 cm³/mol. The van der Waals surface area contributed by atoms with Crippen LogP contribution in [0.25, 0.3) is 0 Å². The van der Waals surface area contributed by atoms with Crippen LogP contribution in [0.3, 0.4) is 0 Å². The van der Waals surface area contributed by atoms with Crippen LogP contribution in [0.15, 0.2) is 23.4 Å². The van der Waals surface area contributed by atoms with Crippen molar-refractivity contribution in [1.29, 1.82) is 5.26 Å². The Kier molecular flexibility index (Phi) is 22.4. The quantitative estimate of drug-likeness (QED) is 0.104. The van der Waals surface area contributed by atoms with Crippen LogP contribution in [0.2, 0.25) is 0 Å². The normalized spacial score (nSPS) is 11.2. The Hall–Kier alpha value is -2.55. The summed E-state index contributed by atoms with van der Waals surface area (Å²) in [5.74, 6) is -0.695. The highest BCUT2D eigenvalue weighted by Crippen LogP contribution is 2.23. The van der Waals surface area contributed by atoms with Crippen LogP contribution in [0.4, 0.5) is 0 Å². The molecule has 6 heteroatoms. The lowest BCUT2D eigenvalue weighted by Gasteiger charge is -2.11. The molecule has 6 nitrogen and oxygen atoms in total. The van der Waals surface area contributed by atoms with Gasteiger partial charge in [0.2, 0.25) is 0 Å². The van der Waals surface area contributed by atoms with Gasteiger partial charge in [-0.25, -0.2) is 4.79 Å². The number of rotatable bonds is 14. The van der Waals surface area contributed by atoms with Crippen LogP contribution in [-0.2, 0) is 16.1 Å². The molecule has 0 bridgehead atoms. The van der Waals surface area contributed by atoms with Gasteiger partial charge in [-0.15, -0.1) is 0 Å². The van der Waals surface area contributed by atoms with Crippen molar-refractivity contribution in [2.45, 2.75) is 106 Å². The Balaban J connectivity index is 0. The minimum Gasteiger partial charge on any atom is -0.496 e. The number of nitriles is 1. The lowest BCUT2D eigenvalue weighted by atomic mass is 10.0. The molecule has 2 N–H and O–H groups in total. The maximum atomic E-state index is 11.6. The largest absolute Gasteiger partial charge is 0.496 e. The summed E-state index contributed by atoms with van der Waals surface area (Å²) in [5, 5.41) is 12.4. The number of benzene rings is 1. The van der Waals surface area contributed by atoms with E-state index < -0.39 is 11.9 Å². The van der Waals surface area contributed by atoms with Crippen LogP contribution < -0.4 is 10.5 Å². The van der Waals surface area contributed by atoms with E-state index in [1.165, 1.54) is 58.3 Å². The first kappa shape index (κ1) is 32.6. The number of nitrogens with zero attached hydrogens (tertiary/aromatic N) is 2. The number of methoxy groups -OCH3 is 1. The summed E-state index contributed by atoms with van der Waals surface area (Å²) in [4.78, 5) is 16.3. The zero-order valence-electron chi connectivity index (χ0n) is 22.1. The van der Waals surface area contributed by atoms with E-state index in [0.29, 0.717) is 5.56 Å². The lowest BCUT2D eigenvalue weighted by molar-refractivity contribution is -0.146. The van der Waals surface area contributed by atoms with Gasteiger partial charge in [0.15, 0.2) is 5.84 Å². The van der Waals surface area contributed by atoms with Crippen molar-refractivity contribution in [1.82, 2.24) is 0 Å². The second kappa shape index (κ2) is 22.6. The van der Waals surface area contributed by atoms with Gasteiger partial charge >= 0.3 is 5.97 Å². The van der Waals surface area contributed by atoms with E-state index in [-0.39, 0.29) is 5.84 Å². The third-order valence-electron chi connectivity index (χ3n) is 4.91. The molecule has 1 unspecified atom stereocenters. The van der Waals surface area contributed by atoms with Crippen LogP contribution >= 0.6 is 0 Å². The summed E-state index contributed by atoms with van der Waals surface area (Å²) in [6.45, 7) is 11.7. The summed E-state index contributed by atoms with van der Waals surface area (Å²) < 4.78 is 5.46. The Labute approximate surface area is 202 Å². The van der Waals surface area contributed by atoms with Gasteiger partial charge in [-0.1, -0.05) is 91.1 Å². The second-order valence-electron chi connectivity index (χ2n) is 7.34. The van der Waals surface area contributed by atoms with E-state index in [9.17, 15) is 4.79 Å². The molecule has 1 aromatic rings. The lowest BCUT2D eigenvalue weighted by Crippen LogP contribution is -2.17. The fourth-order valence-electron chi connectivity index (χ4n) is 3.04. The third kappa shape index (κ3) is 15.0. The molecule has 1 atom stereocenters. The first-order chi connectivity index (χ1) is 16.0. The van der Waals surface area contributed by atoms with Gasteiger partial charge in [0, 0.05) is 5.56 Å². The Morgan fingerprint density at radius 3 is 2.09 bits per heavy atom. The van der Waals surface area contributed by atoms with Crippen LogP contribution in [0.1, 0.15) is 110 Å². The molecule has 0 saturated carbocycles. The van der Waals surface area contributed by atoms with Gasteiger partial charge in [-0.05, 0) is 43.5 Å². The molecule has 0 aliphatic carbocycles. The molecule has 0 fully saturated rings. The minimum atomic E-state index is -0.885. The van der Waals surface area contributed by atoms with Gasteiger partial charge < -0.3 is 15.3 Å². The fraction of sp³-hybridized carbons (Fsp3) is 0.667. The highest BCUT2D eigenvalue weighted by Gasteiger charge is 2.14. The predicted octanol–water partition coefficient (Wildman–Crippen LogP) is 7.14. The van der Waals surface area contributed by atoms with Crippen molar-refractivity contribution >= 4 is 11.8 Å². The number of amidine groups is 1. The Bertz CT molecular complexity index is 696. The first-order valence-electron chi connectivity index (χ1n) is 12.6. The van der Waals surface area contributed by atoms with E-state index in [1.807, 2.05) is 39.8 Å². The fourth-order valence-corrected chi connectivity index (χ4v) is 3.04. The van der Waals surface area contributed by atoms with E-state index >= 15 is 0 Å². The molecular weight excluding hydrogens is 414 g/mol. The van der Waals surface area contributed by atoms with Gasteiger partial charge in [0.1, 0.15) is 11.7 Å². The zero-order valence-corrected chi connectivity index (χ0v) is 22.1. The molecule has 0 spiro atoms. The number of aryl methyl sites for hydroxylation is 1. The number of unbranched alkanes of at least 4 members (excludes halogenated alkanes) is 8. The summed E-state index contributed by atoms with van der Waals surface area (Å²) in [6.07, 6.45) is 12.4. The topological polar surface area (TPSA) is 97.7 Å². The maximum absolute atomic E-state index is 11.6. The first-order valence-corrected chi connectivity index (χ1v) is 12.6. The molecule has 0 radical (unpaired) electrons. The SMILES string of the molecule is CC.CC.CCCCCCCCCCCc1cc(/C(N)=N/OC(=O)C(C)C#N)ccc1OC. The molecule has 0 heterocycles. The van der Waals surface area contributed by atoms with E-state index in [4.69, 9.17) is 20.6 Å². The highest BCUT2D eigenvalue weighted by atomic mass is 16.7. The smallest absolute Gasteiger partial charge is 0.351 e. The summed E-state index contributed by atoms with van der Waals surface area (Å²) in [7, 11) is 1.65. The van der Waals surface area contributed by atoms with Crippen LogP contribution in [0, 0.1) is 17.2 Å².